The van der Waals surface area contributed by atoms with Gasteiger partial charge in [0.25, 0.3) is 9.70 Å². The summed E-state index contributed by atoms with van der Waals surface area (Å²) in [4.78, 5) is 11.4. The second kappa shape index (κ2) is 5.08. The first-order chi connectivity index (χ1) is 6.80. The number of alkyl halides is 3. The van der Waals surface area contributed by atoms with Gasteiger partial charge in [-0.3, -0.25) is 4.79 Å². The first-order valence-electron chi connectivity index (χ1n) is 3.95. The fraction of sp³-hybridized carbons (Fsp3) is 0.222. The van der Waals surface area contributed by atoms with Gasteiger partial charge in [-0.05, 0) is 53.3 Å². The van der Waals surface area contributed by atoms with Crippen LogP contribution in [0.3, 0.4) is 0 Å². The van der Waals surface area contributed by atoms with Gasteiger partial charge >= 0.3 is 0 Å². The summed E-state index contributed by atoms with van der Waals surface area (Å²) in [5.41, 5.74) is 1.57. The largest absolute Gasteiger partial charge is 0.322 e. The molecule has 0 bridgehead atoms. The maximum atomic E-state index is 11.4. The van der Waals surface area contributed by atoms with Gasteiger partial charge in [-0.1, -0.05) is 34.8 Å². The molecule has 1 amide bonds. The van der Waals surface area contributed by atoms with Crippen molar-refractivity contribution in [2.24, 2.45) is 0 Å². The van der Waals surface area contributed by atoms with Crippen molar-refractivity contribution in [3.05, 3.63) is 27.3 Å². The lowest BCUT2D eigenvalue weighted by Crippen LogP contribution is -2.27. The van der Waals surface area contributed by atoms with Crippen molar-refractivity contribution in [1.29, 1.82) is 0 Å². The third kappa shape index (κ3) is 3.98. The molecule has 0 unspecified atom stereocenters. The van der Waals surface area contributed by atoms with Crippen LogP contribution < -0.4 is 5.32 Å². The third-order valence-electron chi connectivity index (χ3n) is 1.69. The lowest BCUT2D eigenvalue weighted by molar-refractivity contribution is -0.115. The molecular formula is C9H7Cl3INO. The van der Waals surface area contributed by atoms with Crippen LogP contribution in [0.15, 0.2) is 18.2 Å². The van der Waals surface area contributed by atoms with Gasteiger partial charge in [-0.15, -0.1) is 0 Å². The lowest BCUT2D eigenvalue weighted by atomic mass is 10.2. The molecular weight excluding hydrogens is 371 g/mol. The van der Waals surface area contributed by atoms with Crippen LogP contribution in [0.4, 0.5) is 5.69 Å². The highest BCUT2D eigenvalue weighted by Crippen LogP contribution is 2.28. The Morgan fingerprint density at radius 1 is 1.40 bits per heavy atom. The van der Waals surface area contributed by atoms with Gasteiger partial charge in [-0.2, -0.15) is 0 Å². The molecule has 0 aliphatic carbocycles. The highest BCUT2D eigenvalue weighted by atomic mass is 127. The number of halogens is 4. The van der Waals surface area contributed by atoms with E-state index in [0.29, 0.717) is 5.69 Å². The molecule has 1 aromatic carbocycles. The maximum absolute atomic E-state index is 11.4. The number of amides is 1. The molecule has 2 nitrogen and oxygen atoms in total. The number of hydrogen-bond acceptors (Lipinski definition) is 1. The van der Waals surface area contributed by atoms with Gasteiger partial charge in [0.1, 0.15) is 0 Å². The average molecular weight is 378 g/mol. The topological polar surface area (TPSA) is 29.1 Å². The zero-order valence-corrected chi connectivity index (χ0v) is 12.1. The Hall–Kier alpha value is 0.290. The number of rotatable bonds is 1. The average Bonchev–Trinajstić information content (AvgIpc) is 2.08. The molecule has 0 atom stereocenters. The molecule has 0 aliphatic heterocycles. The number of carbonyl (C=O) groups is 1. The molecule has 15 heavy (non-hydrogen) atoms. The monoisotopic (exact) mass is 377 g/mol. The van der Waals surface area contributed by atoms with Crippen molar-refractivity contribution >= 4 is 69.0 Å². The van der Waals surface area contributed by atoms with Gasteiger partial charge < -0.3 is 5.32 Å². The lowest BCUT2D eigenvalue weighted by Gasteiger charge is -2.13. The summed E-state index contributed by atoms with van der Waals surface area (Å²) in [6.07, 6.45) is 0. The minimum atomic E-state index is -1.94. The first-order valence-corrected chi connectivity index (χ1v) is 6.16. The first kappa shape index (κ1) is 13.4. The Labute approximate surface area is 116 Å². The van der Waals surface area contributed by atoms with Crippen LogP contribution >= 0.6 is 57.4 Å². The highest BCUT2D eigenvalue weighted by Gasteiger charge is 2.30. The van der Waals surface area contributed by atoms with E-state index >= 15 is 0 Å². The summed E-state index contributed by atoms with van der Waals surface area (Å²) in [5, 5.41) is 2.54. The number of hydrogen-bond donors (Lipinski definition) is 1. The Balaban J connectivity index is 2.87. The minimum Gasteiger partial charge on any atom is -0.322 e. The number of nitrogens with one attached hydrogen (secondary N) is 1. The molecule has 1 N–H and O–H groups in total. The molecule has 1 aromatic rings. The van der Waals surface area contributed by atoms with Gasteiger partial charge in [0, 0.05) is 9.26 Å². The van der Waals surface area contributed by atoms with Crippen molar-refractivity contribution in [1.82, 2.24) is 0 Å². The van der Waals surface area contributed by atoms with Gasteiger partial charge in [-0.25, -0.2) is 0 Å². The van der Waals surface area contributed by atoms with Gasteiger partial charge in [0.15, 0.2) is 0 Å². The molecule has 0 radical (unpaired) electrons. The molecule has 0 aromatic heterocycles. The summed E-state index contributed by atoms with van der Waals surface area (Å²) in [5.74, 6) is -0.656. The highest BCUT2D eigenvalue weighted by molar-refractivity contribution is 14.1. The van der Waals surface area contributed by atoms with E-state index in [2.05, 4.69) is 27.9 Å². The van der Waals surface area contributed by atoms with Crippen molar-refractivity contribution in [3.63, 3.8) is 0 Å². The van der Waals surface area contributed by atoms with Crippen molar-refractivity contribution in [2.45, 2.75) is 10.7 Å². The van der Waals surface area contributed by atoms with E-state index in [1.54, 1.807) is 6.07 Å². The van der Waals surface area contributed by atoms with Gasteiger partial charge in [0.2, 0.25) is 0 Å². The standard InChI is InChI=1S/C9H7Cl3INO/c1-5-4-6(13)2-3-7(5)14-8(15)9(10,11)12/h2-4H,1H3,(H,14,15). The molecule has 82 valence electrons. The smallest absolute Gasteiger partial charge is 0.276 e. The minimum absolute atomic E-state index is 0.645. The second-order valence-electron chi connectivity index (χ2n) is 2.91. The third-order valence-corrected chi connectivity index (χ3v) is 2.88. The Bertz CT molecular complexity index is 389. The second-order valence-corrected chi connectivity index (χ2v) is 6.44. The quantitative estimate of drug-likeness (QED) is 0.583. The van der Waals surface area contributed by atoms with Crippen molar-refractivity contribution < 1.29 is 4.79 Å². The SMILES string of the molecule is Cc1cc(I)ccc1NC(=O)C(Cl)(Cl)Cl. The van der Waals surface area contributed by atoms with Crippen LogP contribution in [0.25, 0.3) is 0 Å². The zero-order chi connectivity index (χ0) is 11.6. The Morgan fingerprint density at radius 2 is 2.00 bits per heavy atom. The van der Waals surface area contributed by atoms with E-state index in [-0.39, 0.29) is 0 Å². The number of benzene rings is 1. The zero-order valence-electron chi connectivity index (χ0n) is 7.65. The number of carbonyl (C=O) groups excluding carboxylic acids is 1. The van der Waals surface area contributed by atoms with Crippen LogP contribution in [0, 0.1) is 10.5 Å². The molecule has 0 fully saturated rings. The van der Waals surface area contributed by atoms with E-state index < -0.39 is 9.70 Å². The fourth-order valence-corrected chi connectivity index (χ4v) is 1.75. The van der Waals surface area contributed by atoms with Crippen LogP contribution in [-0.4, -0.2) is 9.70 Å². The summed E-state index contributed by atoms with van der Waals surface area (Å²) in [6, 6.07) is 5.56. The van der Waals surface area contributed by atoms with E-state index in [4.69, 9.17) is 34.8 Å². The molecule has 0 aliphatic rings. The van der Waals surface area contributed by atoms with Gasteiger partial charge in [0.05, 0.1) is 0 Å². The molecule has 0 heterocycles. The Kier molecular flexibility index (Phi) is 4.52. The van der Waals surface area contributed by atoms with E-state index in [1.165, 1.54) is 0 Å². The van der Waals surface area contributed by atoms with Crippen molar-refractivity contribution in [2.75, 3.05) is 5.32 Å². The summed E-state index contributed by atoms with van der Waals surface area (Å²) < 4.78 is -0.855. The molecule has 6 heteroatoms. The van der Waals surface area contributed by atoms with E-state index in [1.807, 2.05) is 19.1 Å². The molecule has 0 saturated heterocycles. The Morgan fingerprint density at radius 3 is 2.47 bits per heavy atom. The predicted molar refractivity (Wildman–Crippen MR) is 72.8 cm³/mol. The van der Waals surface area contributed by atoms with E-state index in [0.717, 1.165) is 9.13 Å². The number of aryl methyl sites for hydroxylation is 1. The van der Waals surface area contributed by atoms with Crippen LogP contribution in [0.2, 0.25) is 0 Å². The van der Waals surface area contributed by atoms with E-state index in [9.17, 15) is 4.79 Å². The maximum Gasteiger partial charge on any atom is 0.276 e. The van der Waals surface area contributed by atoms with Crippen LogP contribution in [0.5, 0.6) is 0 Å². The summed E-state index contributed by atoms with van der Waals surface area (Å²) in [6.45, 7) is 1.87. The molecule has 1 rings (SSSR count). The predicted octanol–water partition coefficient (Wildman–Crippen LogP) is 3.91. The summed E-state index contributed by atoms with van der Waals surface area (Å²) >= 11 is 18.5. The van der Waals surface area contributed by atoms with Crippen molar-refractivity contribution in [3.8, 4) is 0 Å². The van der Waals surface area contributed by atoms with Crippen LogP contribution in [-0.2, 0) is 4.79 Å². The van der Waals surface area contributed by atoms with Crippen LogP contribution in [0.1, 0.15) is 5.56 Å². The number of anilines is 1. The normalized spacial score (nSPS) is 11.3. The molecule has 0 spiro atoms. The fourth-order valence-electron chi connectivity index (χ4n) is 0.961. The summed E-state index contributed by atoms with van der Waals surface area (Å²) in [7, 11) is 0. The molecule has 0 saturated carbocycles.